The molecule has 8 heteroatoms. The van der Waals surface area contributed by atoms with Gasteiger partial charge in [-0.25, -0.2) is 4.98 Å². The van der Waals surface area contributed by atoms with Crippen molar-refractivity contribution in [3.8, 4) is 0 Å². The molecule has 0 radical (unpaired) electrons. The van der Waals surface area contributed by atoms with E-state index in [2.05, 4.69) is 9.88 Å². The Kier molecular flexibility index (Phi) is 5.85. The van der Waals surface area contributed by atoms with Gasteiger partial charge in [-0.3, -0.25) is 18.9 Å². The van der Waals surface area contributed by atoms with E-state index >= 15 is 0 Å². The molecule has 6 nitrogen and oxygen atoms in total. The lowest BCUT2D eigenvalue weighted by Gasteiger charge is -2.34. The van der Waals surface area contributed by atoms with Gasteiger partial charge in [0.2, 0.25) is 5.91 Å². The Morgan fingerprint density at radius 3 is 2.55 bits per heavy atom. The van der Waals surface area contributed by atoms with Gasteiger partial charge < -0.3 is 4.90 Å². The van der Waals surface area contributed by atoms with E-state index in [1.807, 2.05) is 29.2 Å². The van der Waals surface area contributed by atoms with Crippen LogP contribution in [0, 0.1) is 0 Å². The molecule has 1 aliphatic rings. The minimum absolute atomic E-state index is 0.0742. The number of hydrogen-bond donors (Lipinski definition) is 0. The van der Waals surface area contributed by atoms with Crippen LogP contribution in [0.15, 0.2) is 53.5 Å². The van der Waals surface area contributed by atoms with E-state index in [0.29, 0.717) is 41.7 Å². The second kappa shape index (κ2) is 8.53. The molecule has 2 aromatic heterocycles. The van der Waals surface area contributed by atoms with Crippen LogP contribution in [-0.2, 0) is 17.8 Å². The largest absolute Gasteiger partial charge is 0.340 e. The number of halogens is 2. The summed E-state index contributed by atoms with van der Waals surface area (Å²) in [5, 5.41) is 0.944. The molecule has 0 N–H and O–H groups in total. The van der Waals surface area contributed by atoms with E-state index in [1.165, 1.54) is 4.40 Å². The van der Waals surface area contributed by atoms with Crippen molar-refractivity contribution in [3.05, 3.63) is 80.3 Å². The number of aromatic nitrogens is 2. The number of carbonyl (C=O) groups excluding carboxylic acids is 1. The van der Waals surface area contributed by atoms with Crippen molar-refractivity contribution in [2.75, 3.05) is 26.2 Å². The van der Waals surface area contributed by atoms with E-state index < -0.39 is 0 Å². The third-order valence-electron chi connectivity index (χ3n) is 5.07. The van der Waals surface area contributed by atoms with Gasteiger partial charge in [0.25, 0.3) is 5.56 Å². The number of pyridine rings is 1. The number of hydrogen-bond acceptors (Lipinski definition) is 4. The lowest BCUT2D eigenvalue weighted by Crippen LogP contribution is -2.48. The average molecular weight is 431 g/mol. The van der Waals surface area contributed by atoms with Crippen LogP contribution >= 0.6 is 23.2 Å². The van der Waals surface area contributed by atoms with Crippen molar-refractivity contribution in [2.45, 2.75) is 13.0 Å². The first kappa shape index (κ1) is 19.9. The van der Waals surface area contributed by atoms with Crippen LogP contribution in [0.5, 0.6) is 0 Å². The van der Waals surface area contributed by atoms with Crippen LogP contribution in [0.2, 0.25) is 10.0 Å². The standard InChI is InChI=1S/C21H20Cl2N4O2/c22-17-5-4-15(11-18(17)23)12-20(28)26-9-7-25(8-10-26)14-16-13-21(29)27-6-2-1-3-19(27)24-16/h1-6,11,13H,7-10,12,14H2. The van der Waals surface area contributed by atoms with E-state index in [0.717, 1.165) is 24.3 Å². The molecule has 1 aliphatic heterocycles. The zero-order valence-corrected chi connectivity index (χ0v) is 17.2. The smallest absolute Gasteiger partial charge is 0.258 e. The molecule has 4 rings (SSSR count). The number of piperazine rings is 1. The normalized spacial score (nSPS) is 15.0. The third-order valence-corrected chi connectivity index (χ3v) is 5.81. The van der Waals surface area contributed by atoms with Gasteiger partial charge in [-0.15, -0.1) is 0 Å². The van der Waals surface area contributed by atoms with Gasteiger partial charge in [0.1, 0.15) is 5.65 Å². The maximum absolute atomic E-state index is 12.6. The quantitative estimate of drug-likeness (QED) is 0.638. The minimum Gasteiger partial charge on any atom is -0.340 e. The van der Waals surface area contributed by atoms with Gasteiger partial charge in [0.05, 0.1) is 22.2 Å². The van der Waals surface area contributed by atoms with Crippen LogP contribution in [0.25, 0.3) is 5.65 Å². The fraction of sp³-hybridized carbons (Fsp3) is 0.286. The van der Waals surface area contributed by atoms with Gasteiger partial charge in [0.15, 0.2) is 0 Å². The van der Waals surface area contributed by atoms with Crippen molar-refractivity contribution in [1.29, 1.82) is 0 Å². The molecule has 0 unspecified atom stereocenters. The molecule has 0 atom stereocenters. The monoisotopic (exact) mass is 430 g/mol. The molecule has 29 heavy (non-hydrogen) atoms. The number of fused-ring (bicyclic) bond motifs is 1. The minimum atomic E-state index is -0.0824. The lowest BCUT2D eigenvalue weighted by atomic mass is 10.1. The van der Waals surface area contributed by atoms with Crippen molar-refractivity contribution >= 4 is 34.8 Å². The average Bonchev–Trinajstić information content (AvgIpc) is 2.71. The molecule has 150 valence electrons. The Balaban J connectivity index is 1.35. The number of benzene rings is 1. The summed E-state index contributed by atoms with van der Waals surface area (Å²) < 4.78 is 1.53. The second-order valence-electron chi connectivity index (χ2n) is 7.10. The summed E-state index contributed by atoms with van der Waals surface area (Å²) in [7, 11) is 0. The predicted octanol–water partition coefficient (Wildman–Crippen LogP) is 2.89. The molecular weight excluding hydrogens is 411 g/mol. The summed E-state index contributed by atoms with van der Waals surface area (Å²) >= 11 is 12.0. The van der Waals surface area contributed by atoms with E-state index in [4.69, 9.17) is 23.2 Å². The number of amides is 1. The molecule has 1 amide bonds. The number of rotatable bonds is 4. The lowest BCUT2D eigenvalue weighted by molar-refractivity contribution is -0.132. The summed E-state index contributed by atoms with van der Waals surface area (Å²) in [5.41, 5.74) is 2.16. The third kappa shape index (κ3) is 4.61. The summed E-state index contributed by atoms with van der Waals surface area (Å²) in [6.07, 6.45) is 2.02. The van der Waals surface area contributed by atoms with Gasteiger partial charge >= 0.3 is 0 Å². The SMILES string of the molecule is O=C(Cc1ccc(Cl)c(Cl)c1)N1CCN(Cc2cc(=O)n3ccccc3n2)CC1. The zero-order chi connectivity index (χ0) is 20.4. The number of nitrogens with zero attached hydrogens (tertiary/aromatic N) is 4. The van der Waals surface area contributed by atoms with Crippen LogP contribution in [0.4, 0.5) is 0 Å². The second-order valence-corrected chi connectivity index (χ2v) is 7.91. The molecule has 0 saturated carbocycles. The van der Waals surface area contributed by atoms with Gasteiger partial charge in [0, 0.05) is 45.0 Å². The van der Waals surface area contributed by atoms with Crippen molar-refractivity contribution < 1.29 is 4.79 Å². The molecule has 1 saturated heterocycles. The maximum Gasteiger partial charge on any atom is 0.258 e. The highest BCUT2D eigenvalue weighted by atomic mass is 35.5. The Bertz CT molecular complexity index is 1110. The van der Waals surface area contributed by atoms with E-state index in [1.54, 1.807) is 24.4 Å². The Morgan fingerprint density at radius 2 is 1.79 bits per heavy atom. The zero-order valence-electron chi connectivity index (χ0n) is 15.7. The summed E-state index contributed by atoms with van der Waals surface area (Å²) in [5.74, 6) is 0.0742. The number of carbonyl (C=O) groups is 1. The van der Waals surface area contributed by atoms with Crippen molar-refractivity contribution in [2.24, 2.45) is 0 Å². The first-order valence-electron chi connectivity index (χ1n) is 9.41. The maximum atomic E-state index is 12.6. The first-order chi connectivity index (χ1) is 14.0. The Labute approximate surface area is 178 Å². The summed E-state index contributed by atoms with van der Waals surface area (Å²) in [4.78, 5) is 33.5. The van der Waals surface area contributed by atoms with Gasteiger partial charge in [-0.1, -0.05) is 35.3 Å². The van der Waals surface area contributed by atoms with Crippen LogP contribution < -0.4 is 5.56 Å². The van der Waals surface area contributed by atoms with Crippen LogP contribution in [0.1, 0.15) is 11.3 Å². The van der Waals surface area contributed by atoms with Crippen LogP contribution in [-0.4, -0.2) is 51.3 Å². The molecule has 0 bridgehead atoms. The Morgan fingerprint density at radius 1 is 1.00 bits per heavy atom. The van der Waals surface area contributed by atoms with Crippen molar-refractivity contribution in [3.63, 3.8) is 0 Å². The van der Waals surface area contributed by atoms with E-state index in [9.17, 15) is 9.59 Å². The first-order valence-corrected chi connectivity index (χ1v) is 10.2. The Hall–Kier alpha value is -2.41. The van der Waals surface area contributed by atoms with E-state index in [-0.39, 0.29) is 11.5 Å². The highest BCUT2D eigenvalue weighted by Gasteiger charge is 2.22. The van der Waals surface area contributed by atoms with Crippen LogP contribution in [0.3, 0.4) is 0 Å². The molecule has 0 spiro atoms. The predicted molar refractivity (Wildman–Crippen MR) is 113 cm³/mol. The molecule has 1 fully saturated rings. The summed E-state index contributed by atoms with van der Waals surface area (Å²) in [6.45, 7) is 3.36. The highest BCUT2D eigenvalue weighted by Crippen LogP contribution is 2.23. The molecule has 3 aromatic rings. The van der Waals surface area contributed by atoms with Crippen molar-refractivity contribution in [1.82, 2.24) is 19.2 Å². The molecule has 3 heterocycles. The molecular formula is C21H20Cl2N4O2. The fourth-order valence-electron chi connectivity index (χ4n) is 3.50. The highest BCUT2D eigenvalue weighted by molar-refractivity contribution is 6.42. The molecule has 0 aliphatic carbocycles. The summed E-state index contributed by atoms with van der Waals surface area (Å²) in [6, 6.07) is 12.4. The van der Waals surface area contributed by atoms with Gasteiger partial charge in [-0.05, 0) is 29.8 Å². The molecule has 1 aromatic carbocycles. The topological polar surface area (TPSA) is 57.9 Å². The van der Waals surface area contributed by atoms with Gasteiger partial charge in [-0.2, -0.15) is 0 Å². The fourth-order valence-corrected chi connectivity index (χ4v) is 3.83.